The van der Waals surface area contributed by atoms with E-state index >= 15 is 0 Å². The van der Waals surface area contributed by atoms with Crippen LogP contribution in [0.25, 0.3) is 0 Å². The monoisotopic (exact) mass is 151 g/mol. The summed E-state index contributed by atoms with van der Waals surface area (Å²) in [7, 11) is 0. The largest absolute Gasteiger partial charge is 0.312 e. The van der Waals surface area contributed by atoms with Crippen LogP contribution in [-0.2, 0) is 13.0 Å². The molecule has 0 unspecified atom stereocenters. The highest BCUT2D eigenvalue weighted by Gasteiger charge is 2.11. The van der Waals surface area contributed by atoms with E-state index in [1.54, 1.807) is 6.07 Å². The molecule has 1 aromatic rings. The van der Waals surface area contributed by atoms with Gasteiger partial charge in [-0.15, -0.1) is 0 Å². The summed E-state index contributed by atoms with van der Waals surface area (Å²) in [6, 6.07) is 5.27. The van der Waals surface area contributed by atoms with Crippen molar-refractivity contribution in [2.45, 2.75) is 13.0 Å². The smallest absolute Gasteiger partial charge is 0.126 e. The molecular weight excluding hydrogens is 141 g/mol. The second-order valence-electron chi connectivity index (χ2n) is 2.80. The lowest BCUT2D eigenvalue weighted by atomic mass is 10.0. The molecule has 0 aromatic heterocycles. The molecule has 1 aromatic carbocycles. The van der Waals surface area contributed by atoms with Crippen LogP contribution in [0.2, 0.25) is 0 Å². The molecule has 0 radical (unpaired) electrons. The van der Waals surface area contributed by atoms with E-state index < -0.39 is 0 Å². The molecule has 0 aliphatic carbocycles. The summed E-state index contributed by atoms with van der Waals surface area (Å²) in [6.45, 7) is 1.71. The maximum absolute atomic E-state index is 13.0. The lowest BCUT2D eigenvalue weighted by molar-refractivity contribution is 0.569. The molecule has 0 saturated carbocycles. The summed E-state index contributed by atoms with van der Waals surface area (Å²) in [4.78, 5) is 0. The molecule has 11 heavy (non-hydrogen) atoms. The molecule has 0 fully saturated rings. The third kappa shape index (κ3) is 1.14. The number of rotatable bonds is 0. The summed E-state index contributed by atoms with van der Waals surface area (Å²) in [5.41, 5.74) is 2.00. The van der Waals surface area contributed by atoms with Crippen LogP contribution in [-0.4, -0.2) is 6.54 Å². The maximum Gasteiger partial charge on any atom is 0.126 e. The topological polar surface area (TPSA) is 12.0 Å². The molecule has 0 spiro atoms. The van der Waals surface area contributed by atoms with Crippen molar-refractivity contribution >= 4 is 0 Å². The van der Waals surface area contributed by atoms with E-state index in [1.165, 1.54) is 6.07 Å². The lowest BCUT2D eigenvalue weighted by Gasteiger charge is -2.16. The van der Waals surface area contributed by atoms with Gasteiger partial charge in [0.1, 0.15) is 5.82 Å². The van der Waals surface area contributed by atoms with E-state index in [4.69, 9.17) is 0 Å². The summed E-state index contributed by atoms with van der Waals surface area (Å²) < 4.78 is 13.0. The maximum atomic E-state index is 13.0. The Labute approximate surface area is 65.2 Å². The first-order chi connectivity index (χ1) is 5.38. The fourth-order valence-corrected chi connectivity index (χ4v) is 1.49. The number of benzene rings is 1. The van der Waals surface area contributed by atoms with Crippen LogP contribution in [0.15, 0.2) is 18.2 Å². The van der Waals surface area contributed by atoms with Crippen LogP contribution >= 0.6 is 0 Å². The average Bonchev–Trinajstić information content (AvgIpc) is 2.06. The normalized spacial score (nSPS) is 16.1. The van der Waals surface area contributed by atoms with Crippen molar-refractivity contribution in [1.29, 1.82) is 0 Å². The first-order valence-corrected chi connectivity index (χ1v) is 3.85. The van der Waals surface area contributed by atoms with Crippen LogP contribution in [0.5, 0.6) is 0 Å². The van der Waals surface area contributed by atoms with Gasteiger partial charge in [-0.3, -0.25) is 0 Å². The Bertz CT molecular complexity index is 270. The first kappa shape index (κ1) is 6.80. The molecule has 58 valence electrons. The van der Waals surface area contributed by atoms with Crippen molar-refractivity contribution in [3.8, 4) is 0 Å². The second-order valence-corrected chi connectivity index (χ2v) is 2.80. The van der Waals surface area contributed by atoms with Crippen molar-refractivity contribution < 1.29 is 4.39 Å². The highest BCUT2D eigenvalue weighted by atomic mass is 19.1. The fraction of sp³-hybridized carbons (Fsp3) is 0.333. The van der Waals surface area contributed by atoms with Crippen LogP contribution in [0.4, 0.5) is 4.39 Å². The molecule has 0 saturated heterocycles. The lowest BCUT2D eigenvalue weighted by Crippen LogP contribution is -2.24. The number of hydrogen-bond donors (Lipinski definition) is 1. The zero-order chi connectivity index (χ0) is 7.68. The van der Waals surface area contributed by atoms with Gasteiger partial charge in [0.2, 0.25) is 0 Å². The molecule has 1 N–H and O–H groups in total. The third-order valence-electron chi connectivity index (χ3n) is 2.08. The van der Waals surface area contributed by atoms with Gasteiger partial charge in [0.25, 0.3) is 0 Å². The van der Waals surface area contributed by atoms with Crippen LogP contribution in [0, 0.1) is 5.82 Å². The fourth-order valence-electron chi connectivity index (χ4n) is 1.49. The van der Waals surface area contributed by atoms with Crippen LogP contribution in [0.3, 0.4) is 0 Å². The van der Waals surface area contributed by atoms with Gasteiger partial charge in [-0.05, 0) is 30.2 Å². The van der Waals surface area contributed by atoms with E-state index in [1.807, 2.05) is 6.07 Å². The standard InChI is InChI=1S/C9H10FN/c10-9-3-1-2-7-6-11-5-4-8(7)9/h1-3,11H,4-6H2. The Morgan fingerprint density at radius 2 is 2.27 bits per heavy atom. The SMILES string of the molecule is Fc1cccc2c1CCNC2. The Kier molecular flexibility index (Phi) is 1.62. The van der Waals surface area contributed by atoms with E-state index in [0.717, 1.165) is 30.6 Å². The van der Waals surface area contributed by atoms with Gasteiger partial charge in [-0.25, -0.2) is 4.39 Å². The van der Waals surface area contributed by atoms with Gasteiger partial charge < -0.3 is 5.32 Å². The van der Waals surface area contributed by atoms with E-state index in [-0.39, 0.29) is 5.82 Å². The second kappa shape index (κ2) is 2.62. The molecule has 0 bridgehead atoms. The highest BCUT2D eigenvalue weighted by molar-refractivity contribution is 5.30. The van der Waals surface area contributed by atoms with Crippen molar-refractivity contribution in [3.63, 3.8) is 0 Å². The van der Waals surface area contributed by atoms with Gasteiger partial charge in [-0.2, -0.15) is 0 Å². The van der Waals surface area contributed by atoms with Crippen LogP contribution < -0.4 is 5.32 Å². The molecule has 1 aliphatic heterocycles. The van der Waals surface area contributed by atoms with Gasteiger partial charge in [0, 0.05) is 6.54 Å². The zero-order valence-corrected chi connectivity index (χ0v) is 6.23. The minimum absolute atomic E-state index is 0.0519. The Balaban J connectivity index is 2.49. The molecule has 1 aliphatic rings. The van der Waals surface area contributed by atoms with Gasteiger partial charge in [-0.1, -0.05) is 12.1 Å². The molecule has 2 rings (SSSR count). The first-order valence-electron chi connectivity index (χ1n) is 3.85. The molecule has 0 atom stereocenters. The predicted octanol–water partition coefficient (Wildman–Crippen LogP) is 1.47. The predicted molar refractivity (Wildman–Crippen MR) is 41.8 cm³/mol. The number of fused-ring (bicyclic) bond motifs is 1. The van der Waals surface area contributed by atoms with Crippen molar-refractivity contribution in [2.75, 3.05) is 6.54 Å². The quantitative estimate of drug-likeness (QED) is 0.592. The third-order valence-corrected chi connectivity index (χ3v) is 2.08. The molecule has 1 heterocycles. The van der Waals surface area contributed by atoms with Crippen molar-refractivity contribution in [3.05, 3.63) is 35.1 Å². The molecule has 1 nitrogen and oxygen atoms in total. The van der Waals surface area contributed by atoms with Gasteiger partial charge in [0.15, 0.2) is 0 Å². The summed E-state index contributed by atoms with van der Waals surface area (Å²) in [5, 5.41) is 3.20. The summed E-state index contributed by atoms with van der Waals surface area (Å²) in [5.74, 6) is -0.0519. The van der Waals surface area contributed by atoms with E-state index in [0.29, 0.717) is 0 Å². The molecule has 2 heteroatoms. The number of halogens is 1. The molecule has 0 amide bonds. The Hall–Kier alpha value is -0.890. The van der Waals surface area contributed by atoms with Crippen molar-refractivity contribution in [2.24, 2.45) is 0 Å². The molecular formula is C9H10FN. The Morgan fingerprint density at radius 3 is 3.09 bits per heavy atom. The summed E-state index contributed by atoms with van der Waals surface area (Å²) in [6.07, 6.45) is 0.821. The average molecular weight is 151 g/mol. The zero-order valence-electron chi connectivity index (χ0n) is 6.23. The van der Waals surface area contributed by atoms with Gasteiger partial charge >= 0.3 is 0 Å². The highest BCUT2D eigenvalue weighted by Crippen LogP contribution is 2.16. The van der Waals surface area contributed by atoms with Crippen molar-refractivity contribution in [1.82, 2.24) is 5.32 Å². The van der Waals surface area contributed by atoms with Crippen LogP contribution in [0.1, 0.15) is 11.1 Å². The number of nitrogens with one attached hydrogen (secondary N) is 1. The van der Waals surface area contributed by atoms with Gasteiger partial charge in [0.05, 0.1) is 0 Å². The minimum Gasteiger partial charge on any atom is -0.312 e. The van der Waals surface area contributed by atoms with E-state index in [9.17, 15) is 4.39 Å². The summed E-state index contributed by atoms with van der Waals surface area (Å²) >= 11 is 0. The number of hydrogen-bond acceptors (Lipinski definition) is 1. The van der Waals surface area contributed by atoms with E-state index in [2.05, 4.69) is 5.32 Å². The minimum atomic E-state index is -0.0519. The Morgan fingerprint density at radius 1 is 1.36 bits per heavy atom.